The summed E-state index contributed by atoms with van der Waals surface area (Å²) in [7, 11) is -4.25. The summed E-state index contributed by atoms with van der Waals surface area (Å²) in [6.45, 7) is 2.59. The van der Waals surface area contributed by atoms with Gasteiger partial charge in [0.15, 0.2) is 0 Å². The van der Waals surface area contributed by atoms with Crippen LogP contribution in [0.2, 0.25) is 5.02 Å². The third-order valence-electron chi connectivity index (χ3n) is 6.03. The van der Waals surface area contributed by atoms with E-state index in [1.54, 1.807) is 12.1 Å². The van der Waals surface area contributed by atoms with Crippen LogP contribution in [0.3, 0.4) is 0 Å². The van der Waals surface area contributed by atoms with Gasteiger partial charge in [0.25, 0.3) is 5.91 Å². The van der Waals surface area contributed by atoms with Crippen molar-refractivity contribution in [2.45, 2.75) is 39.0 Å². The Kier molecular flexibility index (Phi) is 6.62. The molecule has 1 N–H and O–H groups in total. The van der Waals surface area contributed by atoms with Crippen molar-refractivity contribution >= 4 is 33.4 Å². The molecule has 32 heavy (non-hydrogen) atoms. The van der Waals surface area contributed by atoms with Gasteiger partial charge >= 0.3 is 10.2 Å². The first-order chi connectivity index (χ1) is 15.2. The van der Waals surface area contributed by atoms with E-state index in [-0.39, 0.29) is 23.2 Å². The molecule has 2 aromatic carbocycles. The fourth-order valence-electron chi connectivity index (χ4n) is 4.40. The number of ether oxygens (including phenoxy) is 1. The first-order valence-electron chi connectivity index (χ1n) is 10.8. The van der Waals surface area contributed by atoms with Gasteiger partial charge in [0.1, 0.15) is 11.6 Å². The second-order valence-corrected chi connectivity index (χ2v) is 10.6. The van der Waals surface area contributed by atoms with Crippen LogP contribution in [0.15, 0.2) is 36.4 Å². The van der Waals surface area contributed by atoms with Crippen LogP contribution in [0.4, 0.5) is 10.1 Å². The Morgan fingerprint density at radius 3 is 2.72 bits per heavy atom. The van der Waals surface area contributed by atoms with Gasteiger partial charge in [-0.2, -0.15) is 8.42 Å². The molecule has 0 unspecified atom stereocenters. The molecule has 1 aliphatic heterocycles. The van der Waals surface area contributed by atoms with Crippen LogP contribution in [0.5, 0.6) is 5.75 Å². The molecular weight excluding hydrogens is 455 g/mol. The highest BCUT2D eigenvalue weighted by atomic mass is 35.5. The van der Waals surface area contributed by atoms with Crippen molar-refractivity contribution in [2.75, 3.05) is 17.5 Å². The molecular formula is C23H26ClFN2O4S. The number of halogens is 2. The maximum absolute atomic E-state index is 14.7. The minimum Gasteiger partial charge on any atom is -0.492 e. The molecule has 1 heterocycles. The standard InChI is InChI=1S/C23H26ClFN2O4S/c1-15-10-17-8-4-5-9-21(17)27(13-15)32(29,30)26-23(28)18-11-19(24)22(12-20(18)25)31-14-16-6-2-3-7-16/h4-5,8-9,11-12,15-16H,2-3,6-7,10,13-14H2,1H3,(H,26,28)/t15-/m1/s1. The average molecular weight is 481 g/mol. The molecule has 2 aromatic rings. The SMILES string of the molecule is C[C@@H]1Cc2ccccc2N(S(=O)(=O)NC(=O)c2cc(Cl)c(OCC3CCCC3)cc2F)C1. The molecule has 1 aliphatic carbocycles. The van der Waals surface area contributed by atoms with Gasteiger partial charge in [0.2, 0.25) is 0 Å². The number of nitrogens with one attached hydrogen (secondary N) is 1. The van der Waals surface area contributed by atoms with Crippen LogP contribution < -0.4 is 13.8 Å². The van der Waals surface area contributed by atoms with E-state index in [4.69, 9.17) is 16.3 Å². The number of amides is 1. The summed E-state index contributed by atoms with van der Waals surface area (Å²) in [5.74, 6) is -1.34. The van der Waals surface area contributed by atoms with E-state index < -0.39 is 27.5 Å². The second kappa shape index (κ2) is 9.27. The van der Waals surface area contributed by atoms with Gasteiger partial charge in [-0.3, -0.25) is 9.10 Å². The summed E-state index contributed by atoms with van der Waals surface area (Å²) in [6, 6.07) is 9.28. The Labute approximate surface area is 192 Å². The third kappa shape index (κ3) is 4.86. The maximum atomic E-state index is 14.7. The summed E-state index contributed by atoms with van der Waals surface area (Å²) in [5.41, 5.74) is 0.937. The molecule has 1 fully saturated rings. The fraction of sp³-hybridized carbons (Fsp3) is 0.435. The van der Waals surface area contributed by atoms with Crippen molar-refractivity contribution in [3.8, 4) is 5.75 Å². The second-order valence-electron chi connectivity index (χ2n) is 8.63. The van der Waals surface area contributed by atoms with Crippen molar-refractivity contribution in [2.24, 2.45) is 11.8 Å². The first-order valence-corrected chi connectivity index (χ1v) is 12.6. The average Bonchev–Trinajstić information content (AvgIpc) is 3.26. The number of rotatable bonds is 6. The van der Waals surface area contributed by atoms with Gasteiger partial charge in [-0.15, -0.1) is 0 Å². The van der Waals surface area contributed by atoms with Crippen molar-refractivity contribution in [3.63, 3.8) is 0 Å². The Morgan fingerprint density at radius 2 is 1.97 bits per heavy atom. The van der Waals surface area contributed by atoms with E-state index in [1.807, 2.05) is 23.8 Å². The third-order valence-corrected chi connectivity index (χ3v) is 7.70. The molecule has 0 spiro atoms. The van der Waals surface area contributed by atoms with E-state index in [9.17, 15) is 17.6 Å². The lowest BCUT2D eigenvalue weighted by molar-refractivity contribution is 0.0977. The molecule has 172 valence electrons. The van der Waals surface area contributed by atoms with Crippen LogP contribution in [-0.4, -0.2) is 27.5 Å². The lowest BCUT2D eigenvalue weighted by atomic mass is 9.96. The monoisotopic (exact) mass is 480 g/mol. The normalized spacial score (nSPS) is 19.0. The highest BCUT2D eigenvalue weighted by Gasteiger charge is 2.32. The van der Waals surface area contributed by atoms with Gasteiger partial charge in [0, 0.05) is 12.6 Å². The summed E-state index contributed by atoms with van der Waals surface area (Å²) in [5, 5.41) is 0.0592. The first kappa shape index (κ1) is 22.9. The number of carbonyl (C=O) groups is 1. The molecule has 0 radical (unpaired) electrons. The number of anilines is 1. The Morgan fingerprint density at radius 1 is 1.25 bits per heavy atom. The molecule has 1 atom stereocenters. The lowest BCUT2D eigenvalue weighted by Gasteiger charge is -2.33. The van der Waals surface area contributed by atoms with Crippen LogP contribution in [0.25, 0.3) is 0 Å². The topological polar surface area (TPSA) is 75.7 Å². The molecule has 1 amide bonds. The van der Waals surface area contributed by atoms with Crippen LogP contribution in [0.1, 0.15) is 48.5 Å². The fourth-order valence-corrected chi connectivity index (χ4v) is 5.96. The predicted molar refractivity (Wildman–Crippen MR) is 122 cm³/mol. The van der Waals surface area contributed by atoms with Crippen molar-refractivity contribution in [1.29, 1.82) is 0 Å². The molecule has 0 aromatic heterocycles. The van der Waals surface area contributed by atoms with Crippen LogP contribution >= 0.6 is 11.6 Å². The highest BCUT2D eigenvalue weighted by Crippen LogP contribution is 2.33. The quantitative estimate of drug-likeness (QED) is 0.649. The number of hydrogen-bond donors (Lipinski definition) is 1. The number of carbonyl (C=O) groups excluding carboxylic acids is 1. The number of nitrogens with zero attached hydrogens (tertiary/aromatic N) is 1. The van der Waals surface area contributed by atoms with Gasteiger partial charge in [-0.25, -0.2) is 9.11 Å². The number of fused-ring (bicyclic) bond motifs is 1. The smallest absolute Gasteiger partial charge is 0.326 e. The van der Waals surface area contributed by atoms with Gasteiger partial charge in [-0.1, -0.05) is 49.6 Å². The molecule has 0 bridgehead atoms. The zero-order chi connectivity index (χ0) is 22.9. The minimum atomic E-state index is -4.25. The van der Waals surface area contributed by atoms with Crippen LogP contribution in [-0.2, 0) is 16.6 Å². The van der Waals surface area contributed by atoms with E-state index >= 15 is 0 Å². The van der Waals surface area contributed by atoms with Crippen molar-refractivity contribution < 1.29 is 22.3 Å². The van der Waals surface area contributed by atoms with Gasteiger partial charge in [-0.05, 0) is 48.8 Å². The Hall–Kier alpha value is -2.32. The predicted octanol–water partition coefficient (Wildman–Crippen LogP) is 4.72. The van der Waals surface area contributed by atoms with E-state index in [2.05, 4.69) is 0 Å². The van der Waals surface area contributed by atoms with Gasteiger partial charge < -0.3 is 4.74 Å². The largest absolute Gasteiger partial charge is 0.492 e. The zero-order valence-electron chi connectivity index (χ0n) is 17.8. The summed E-state index contributed by atoms with van der Waals surface area (Å²) in [6.07, 6.45) is 5.18. The van der Waals surface area contributed by atoms with Crippen molar-refractivity contribution in [3.05, 3.63) is 58.4 Å². The minimum absolute atomic E-state index is 0.0592. The molecule has 2 aliphatic rings. The number of hydrogen-bond acceptors (Lipinski definition) is 4. The van der Waals surface area contributed by atoms with Gasteiger partial charge in [0.05, 0.1) is 22.9 Å². The number of benzene rings is 2. The molecule has 9 heteroatoms. The summed E-state index contributed by atoms with van der Waals surface area (Å²) in [4.78, 5) is 12.7. The number of para-hydroxylation sites is 1. The lowest BCUT2D eigenvalue weighted by Crippen LogP contribution is -2.47. The Bertz CT molecular complexity index is 1120. The molecule has 6 nitrogen and oxygen atoms in total. The Balaban J connectivity index is 1.51. The molecule has 0 saturated heterocycles. The molecule has 4 rings (SSSR count). The maximum Gasteiger partial charge on any atom is 0.326 e. The van der Waals surface area contributed by atoms with E-state index in [1.165, 1.54) is 0 Å². The van der Waals surface area contributed by atoms with E-state index in [0.29, 0.717) is 18.2 Å². The van der Waals surface area contributed by atoms with Crippen molar-refractivity contribution in [1.82, 2.24) is 4.72 Å². The summed E-state index contributed by atoms with van der Waals surface area (Å²) < 4.78 is 49.5. The van der Waals surface area contributed by atoms with Crippen LogP contribution in [0, 0.1) is 17.7 Å². The molecule has 1 saturated carbocycles. The van der Waals surface area contributed by atoms with E-state index in [0.717, 1.165) is 54.1 Å². The zero-order valence-corrected chi connectivity index (χ0v) is 19.4. The summed E-state index contributed by atoms with van der Waals surface area (Å²) >= 11 is 6.21. The highest BCUT2D eigenvalue weighted by molar-refractivity contribution is 7.91.